The number of hydrogen-bond donors (Lipinski definition) is 2. The van der Waals surface area contributed by atoms with Crippen LogP contribution >= 0.6 is 0 Å². The molecule has 0 bridgehead atoms. The van der Waals surface area contributed by atoms with Crippen LogP contribution in [0.5, 0.6) is 0 Å². The monoisotopic (exact) mass is 286 g/mol. The van der Waals surface area contributed by atoms with Gasteiger partial charge in [0.05, 0.1) is 6.67 Å². The van der Waals surface area contributed by atoms with E-state index in [0.717, 1.165) is 13.0 Å². The highest BCUT2D eigenvalue weighted by atomic mass is 19.4. The number of rotatable bonds is 6. The van der Waals surface area contributed by atoms with Gasteiger partial charge in [-0.2, -0.15) is 13.2 Å². The Morgan fingerprint density at radius 1 is 1.21 bits per heavy atom. The van der Waals surface area contributed by atoms with E-state index < -0.39 is 12.1 Å². The zero-order chi connectivity index (χ0) is 15.5. The standard InChI is InChI=1S/C9H20N2O.C2HF3O2/c1-3-4-5-6-7-11(8-10)9(2)12;3-2(4,5)1(6)7/h3-8,10H2,1-2H3;(H,6,7). The molecule has 0 rings (SSSR count). The van der Waals surface area contributed by atoms with E-state index in [4.69, 9.17) is 15.6 Å². The molecule has 0 aliphatic carbocycles. The summed E-state index contributed by atoms with van der Waals surface area (Å²) < 4.78 is 31.7. The van der Waals surface area contributed by atoms with Crippen LogP contribution in [0.2, 0.25) is 0 Å². The summed E-state index contributed by atoms with van der Waals surface area (Å²) in [6.45, 7) is 4.89. The summed E-state index contributed by atoms with van der Waals surface area (Å²) in [7, 11) is 0. The minimum atomic E-state index is -5.08. The Morgan fingerprint density at radius 3 is 1.95 bits per heavy atom. The predicted molar refractivity (Wildman–Crippen MR) is 64.3 cm³/mol. The second kappa shape index (κ2) is 10.6. The zero-order valence-electron chi connectivity index (χ0n) is 11.2. The zero-order valence-corrected chi connectivity index (χ0v) is 11.2. The maximum absolute atomic E-state index is 10.9. The molecule has 1 amide bonds. The molecule has 0 aromatic carbocycles. The van der Waals surface area contributed by atoms with Crippen LogP contribution in [-0.4, -0.2) is 41.3 Å². The maximum Gasteiger partial charge on any atom is 0.490 e. The van der Waals surface area contributed by atoms with Gasteiger partial charge in [-0.1, -0.05) is 26.2 Å². The molecule has 19 heavy (non-hydrogen) atoms. The molecule has 8 heteroatoms. The van der Waals surface area contributed by atoms with Crippen molar-refractivity contribution in [1.82, 2.24) is 4.90 Å². The summed E-state index contributed by atoms with van der Waals surface area (Å²) in [6, 6.07) is 0. The van der Waals surface area contributed by atoms with E-state index in [1.54, 1.807) is 11.8 Å². The van der Waals surface area contributed by atoms with E-state index in [-0.39, 0.29) is 5.91 Å². The summed E-state index contributed by atoms with van der Waals surface area (Å²) in [6.07, 6.45) is -0.343. The lowest BCUT2D eigenvalue weighted by molar-refractivity contribution is -0.192. The van der Waals surface area contributed by atoms with Gasteiger partial charge in [-0.3, -0.25) is 4.79 Å². The summed E-state index contributed by atoms with van der Waals surface area (Å²) in [5, 5.41) is 7.12. The van der Waals surface area contributed by atoms with Crippen molar-refractivity contribution in [3.05, 3.63) is 0 Å². The molecule has 0 heterocycles. The Kier molecular flexibility index (Phi) is 11.2. The summed E-state index contributed by atoms with van der Waals surface area (Å²) in [5.41, 5.74) is 5.39. The highest BCUT2D eigenvalue weighted by molar-refractivity contribution is 5.73. The summed E-state index contributed by atoms with van der Waals surface area (Å²) in [4.78, 5) is 21.5. The average molecular weight is 286 g/mol. The number of nitrogens with two attached hydrogens (primary N) is 1. The van der Waals surface area contributed by atoms with Gasteiger partial charge < -0.3 is 15.7 Å². The van der Waals surface area contributed by atoms with Crippen molar-refractivity contribution in [2.45, 2.75) is 45.7 Å². The SMILES string of the molecule is CCCCCCN(CN)C(C)=O.O=C(O)C(F)(F)F. The third kappa shape index (κ3) is 12.9. The molecule has 0 aliphatic rings. The molecule has 0 aromatic heterocycles. The number of carbonyl (C=O) groups excluding carboxylic acids is 1. The smallest absolute Gasteiger partial charge is 0.475 e. The van der Waals surface area contributed by atoms with Crippen molar-refractivity contribution in [2.24, 2.45) is 5.73 Å². The first-order valence-electron chi connectivity index (χ1n) is 5.92. The van der Waals surface area contributed by atoms with Gasteiger partial charge in [-0.25, -0.2) is 4.79 Å². The van der Waals surface area contributed by atoms with Crippen molar-refractivity contribution in [3.8, 4) is 0 Å². The lowest BCUT2D eigenvalue weighted by atomic mass is 10.2. The quantitative estimate of drug-likeness (QED) is 0.577. The largest absolute Gasteiger partial charge is 0.490 e. The van der Waals surface area contributed by atoms with Crippen molar-refractivity contribution in [3.63, 3.8) is 0 Å². The average Bonchev–Trinajstić information content (AvgIpc) is 2.28. The summed E-state index contributed by atoms with van der Waals surface area (Å²) >= 11 is 0. The van der Waals surface area contributed by atoms with Crippen molar-refractivity contribution < 1.29 is 27.9 Å². The number of amides is 1. The fourth-order valence-corrected chi connectivity index (χ4v) is 1.11. The topological polar surface area (TPSA) is 83.6 Å². The number of unbranched alkanes of at least 4 members (excludes halogenated alkanes) is 3. The highest BCUT2D eigenvalue weighted by Crippen LogP contribution is 2.13. The van der Waals surface area contributed by atoms with Crippen LogP contribution in [0, 0.1) is 0 Å². The molecule has 0 saturated carbocycles. The van der Waals surface area contributed by atoms with Crippen LogP contribution in [0.3, 0.4) is 0 Å². The number of carboxylic acids is 1. The molecule has 0 aromatic rings. The molecule has 0 radical (unpaired) electrons. The van der Waals surface area contributed by atoms with Crippen LogP contribution in [0.15, 0.2) is 0 Å². The van der Waals surface area contributed by atoms with E-state index in [1.807, 2.05) is 0 Å². The van der Waals surface area contributed by atoms with Gasteiger partial charge in [0.25, 0.3) is 0 Å². The molecule has 0 unspecified atom stereocenters. The molecule has 0 fully saturated rings. The van der Waals surface area contributed by atoms with Crippen LogP contribution in [-0.2, 0) is 9.59 Å². The molecule has 0 spiro atoms. The molecular weight excluding hydrogens is 265 g/mol. The van der Waals surface area contributed by atoms with Crippen LogP contribution < -0.4 is 5.73 Å². The van der Waals surface area contributed by atoms with E-state index in [2.05, 4.69) is 6.92 Å². The second-order valence-corrected chi connectivity index (χ2v) is 3.83. The van der Waals surface area contributed by atoms with Gasteiger partial charge >= 0.3 is 12.1 Å². The normalized spacial score (nSPS) is 10.4. The highest BCUT2D eigenvalue weighted by Gasteiger charge is 2.38. The van der Waals surface area contributed by atoms with Gasteiger partial charge in [-0.15, -0.1) is 0 Å². The Labute approximate surface area is 110 Å². The van der Waals surface area contributed by atoms with Crippen LogP contribution in [0.4, 0.5) is 13.2 Å². The third-order valence-corrected chi connectivity index (χ3v) is 2.19. The predicted octanol–water partition coefficient (Wildman–Crippen LogP) is 1.96. The van der Waals surface area contributed by atoms with Gasteiger partial charge in [0.1, 0.15) is 0 Å². The lowest BCUT2D eigenvalue weighted by Crippen LogP contribution is -2.34. The van der Waals surface area contributed by atoms with E-state index >= 15 is 0 Å². The Morgan fingerprint density at radius 2 is 1.68 bits per heavy atom. The fourth-order valence-electron chi connectivity index (χ4n) is 1.11. The molecule has 3 N–H and O–H groups in total. The van der Waals surface area contributed by atoms with E-state index in [1.165, 1.54) is 19.3 Å². The van der Waals surface area contributed by atoms with Crippen LogP contribution in [0.25, 0.3) is 0 Å². The fraction of sp³-hybridized carbons (Fsp3) is 0.818. The lowest BCUT2D eigenvalue weighted by Gasteiger charge is -2.17. The van der Waals surface area contributed by atoms with Gasteiger partial charge in [-0.05, 0) is 6.42 Å². The first kappa shape index (κ1) is 20.0. The molecule has 0 saturated heterocycles. The summed E-state index contributed by atoms with van der Waals surface area (Å²) in [5.74, 6) is -2.68. The number of nitrogens with zero attached hydrogens (tertiary/aromatic N) is 1. The minimum absolute atomic E-state index is 0.0778. The number of hydrogen-bond acceptors (Lipinski definition) is 3. The van der Waals surface area contributed by atoms with E-state index in [9.17, 15) is 18.0 Å². The molecule has 0 atom stereocenters. The van der Waals surface area contributed by atoms with Crippen molar-refractivity contribution in [2.75, 3.05) is 13.2 Å². The number of carboxylic acid groups (broad SMARTS) is 1. The Balaban J connectivity index is 0. The van der Waals surface area contributed by atoms with Gasteiger partial charge in [0, 0.05) is 13.5 Å². The first-order valence-corrected chi connectivity index (χ1v) is 5.92. The maximum atomic E-state index is 10.9. The Bertz CT molecular complexity index is 270. The van der Waals surface area contributed by atoms with Crippen molar-refractivity contribution >= 4 is 11.9 Å². The molecular formula is C11H21F3N2O3. The van der Waals surface area contributed by atoms with Crippen molar-refractivity contribution in [1.29, 1.82) is 0 Å². The molecule has 5 nitrogen and oxygen atoms in total. The number of halogens is 3. The van der Waals surface area contributed by atoms with Gasteiger partial charge in [0.15, 0.2) is 0 Å². The number of alkyl halides is 3. The number of carbonyl (C=O) groups is 2. The minimum Gasteiger partial charge on any atom is -0.475 e. The first-order chi connectivity index (χ1) is 8.66. The van der Waals surface area contributed by atoms with Gasteiger partial charge in [0.2, 0.25) is 5.91 Å². The number of aliphatic carboxylic acids is 1. The third-order valence-electron chi connectivity index (χ3n) is 2.19. The van der Waals surface area contributed by atoms with E-state index in [0.29, 0.717) is 6.67 Å². The Hall–Kier alpha value is -1.31. The molecule has 0 aliphatic heterocycles. The molecule has 114 valence electrons. The second-order valence-electron chi connectivity index (χ2n) is 3.83. The van der Waals surface area contributed by atoms with Crippen LogP contribution in [0.1, 0.15) is 39.5 Å².